The summed E-state index contributed by atoms with van der Waals surface area (Å²) < 4.78 is 14.5. The molecule has 0 aromatic carbocycles. The van der Waals surface area contributed by atoms with Gasteiger partial charge in [-0.3, -0.25) is 0 Å². The largest absolute Gasteiger partial charge is 1.00 e. The predicted molar refractivity (Wildman–Crippen MR) is 37.1 cm³/mol. The smallest absolute Gasteiger partial charge is 0.790 e. The van der Waals surface area contributed by atoms with Crippen molar-refractivity contribution in [2.75, 3.05) is 11.0 Å². The van der Waals surface area contributed by atoms with Crippen LogP contribution in [0.25, 0.3) is 0 Å². The number of hydrogen-bond acceptors (Lipinski definition) is 4. The Kier molecular flexibility index (Phi) is 22.7. The first-order chi connectivity index (χ1) is 4.06. The van der Waals surface area contributed by atoms with Crippen molar-refractivity contribution in [3.05, 3.63) is 0 Å². The maximum absolute atomic E-state index is 9.75. The van der Waals surface area contributed by atoms with Gasteiger partial charge in [-0.25, -0.2) is 0 Å². The van der Waals surface area contributed by atoms with E-state index in [1.165, 1.54) is 0 Å². The van der Waals surface area contributed by atoms with E-state index >= 15 is 0 Å². The van der Waals surface area contributed by atoms with E-state index in [1.807, 2.05) is 0 Å². The summed E-state index contributed by atoms with van der Waals surface area (Å²) in [4.78, 5) is 19.5. The molecule has 0 amide bonds. The van der Waals surface area contributed by atoms with E-state index in [2.05, 4.69) is 27.1 Å². The molecule has 0 aromatic heterocycles. The molecule has 4 nitrogen and oxygen atoms in total. The molecular formula is C3H6IK2O4P. The third-order valence-electron chi connectivity index (χ3n) is 0.527. The van der Waals surface area contributed by atoms with Crippen LogP contribution in [0.5, 0.6) is 0 Å². The average molecular weight is 342 g/mol. The fraction of sp³-hybridized carbons (Fsp3) is 1.00. The minimum atomic E-state index is -4.70. The van der Waals surface area contributed by atoms with Crippen molar-refractivity contribution in [3.8, 4) is 0 Å². The molecule has 0 rings (SSSR count). The van der Waals surface area contributed by atoms with Crippen molar-refractivity contribution in [1.29, 1.82) is 0 Å². The maximum atomic E-state index is 9.75. The molecule has 0 atom stereocenters. The normalized spacial score (nSPS) is 9.73. The van der Waals surface area contributed by atoms with Crippen LogP contribution >= 0.6 is 30.4 Å². The van der Waals surface area contributed by atoms with Gasteiger partial charge in [0.15, 0.2) is 0 Å². The molecule has 0 bridgehead atoms. The Morgan fingerprint density at radius 2 is 1.82 bits per heavy atom. The van der Waals surface area contributed by atoms with Crippen LogP contribution in [0.4, 0.5) is 0 Å². The Hall–Kier alpha value is 4.11. The first-order valence-corrected chi connectivity index (χ1v) is 5.27. The summed E-state index contributed by atoms with van der Waals surface area (Å²) in [6, 6.07) is 0. The summed E-state index contributed by atoms with van der Waals surface area (Å²) in [7, 11) is -4.70. The van der Waals surface area contributed by atoms with Gasteiger partial charge in [0.1, 0.15) is 0 Å². The third-order valence-corrected chi connectivity index (χ3v) is 1.79. The Morgan fingerprint density at radius 3 is 2.09 bits per heavy atom. The first kappa shape index (κ1) is 20.5. The van der Waals surface area contributed by atoms with Crippen LogP contribution in [0.2, 0.25) is 0 Å². The van der Waals surface area contributed by atoms with Crippen LogP contribution in [0.3, 0.4) is 0 Å². The zero-order valence-electron chi connectivity index (χ0n) is 6.58. The second-order valence-corrected chi connectivity index (χ2v) is 3.55. The topological polar surface area (TPSA) is 72.4 Å². The van der Waals surface area contributed by atoms with Crippen molar-refractivity contribution in [1.82, 2.24) is 0 Å². The second kappa shape index (κ2) is 12.2. The fourth-order valence-corrected chi connectivity index (χ4v) is 0.895. The van der Waals surface area contributed by atoms with Crippen molar-refractivity contribution in [3.63, 3.8) is 0 Å². The zero-order valence-corrected chi connectivity index (χ0v) is 15.9. The second-order valence-electron chi connectivity index (χ2n) is 1.32. The number of halogens is 1. The van der Waals surface area contributed by atoms with Crippen LogP contribution in [-0.2, 0) is 9.09 Å². The predicted octanol–water partition coefficient (Wildman–Crippen LogP) is -6.34. The molecule has 0 radical (unpaired) electrons. The maximum Gasteiger partial charge on any atom is 1.00 e. The number of rotatable bonds is 4. The average Bonchev–Trinajstić information content (AvgIpc) is 1.63. The number of phosphoric ester groups is 1. The number of hydrogen-bond donors (Lipinski definition) is 0. The molecule has 0 aliphatic rings. The Balaban J connectivity index is -0.000000320. The molecule has 0 N–H and O–H groups in total. The van der Waals surface area contributed by atoms with Gasteiger partial charge in [0, 0.05) is 4.43 Å². The van der Waals surface area contributed by atoms with Crippen LogP contribution in [0.15, 0.2) is 0 Å². The third kappa shape index (κ3) is 20.2. The number of alkyl halides is 1. The molecule has 56 valence electrons. The first-order valence-electron chi connectivity index (χ1n) is 2.29. The zero-order chi connectivity index (χ0) is 7.33. The van der Waals surface area contributed by atoms with E-state index in [0.717, 1.165) is 4.43 Å². The molecule has 0 saturated heterocycles. The SMILES string of the molecule is O=P([O-])([O-])OCCCI.[K+].[K+]. The standard InChI is InChI=1S/C3H8IO4P.2K/c4-2-1-3-8-9(5,6)7;;/h1-3H2,(H2,5,6,7);;/q;2*+1/p-2. The van der Waals surface area contributed by atoms with E-state index in [9.17, 15) is 14.4 Å². The van der Waals surface area contributed by atoms with Gasteiger partial charge in [-0.1, -0.05) is 22.6 Å². The Bertz CT molecular complexity index is 118. The quantitative estimate of drug-likeness (QED) is 0.168. The summed E-state index contributed by atoms with van der Waals surface area (Å²) in [6.45, 7) is 0.00716. The molecule has 0 aliphatic heterocycles. The Morgan fingerprint density at radius 1 is 1.36 bits per heavy atom. The molecule has 0 spiro atoms. The summed E-state index contributed by atoms with van der Waals surface area (Å²) in [5.41, 5.74) is 0. The number of phosphoric acid groups is 1. The van der Waals surface area contributed by atoms with Gasteiger partial charge in [0.25, 0.3) is 0 Å². The molecule has 0 saturated carbocycles. The molecule has 0 heterocycles. The van der Waals surface area contributed by atoms with Gasteiger partial charge in [0.05, 0.1) is 14.4 Å². The molecule has 0 aromatic rings. The van der Waals surface area contributed by atoms with Gasteiger partial charge in [-0.05, 0) is 6.42 Å². The molecule has 0 unspecified atom stereocenters. The van der Waals surface area contributed by atoms with Crippen molar-refractivity contribution in [2.24, 2.45) is 0 Å². The van der Waals surface area contributed by atoms with E-state index in [-0.39, 0.29) is 109 Å². The summed E-state index contributed by atoms with van der Waals surface area (Å²) >= 11 is 2.07. The van der Waals surface area contributed by atoms with Crippen molar-refractivity contribution >= 4 is 30.4 Å². The Labute approximate surface area is 165 Å². The van der Waals surface area contributed by atoms with Crippen LogP contribution in [-0.4, -0.2) is 11.0 Å². The summed E-state index contributed by atoms with van der Waals surface area (Å²) in [5.74, 6) is 0. The van der Waals surface area contributed by atoms with E-state index in [0.29, 0.717) is 6.42 Å². The summed E-state index contributed by atoms with van der Waals surface area (Å²) in [5, 5.41) is 0. The van der Waals surface area contributed by atoms with Gasteiger partial charge in [-0.15, -0.1) is 0 Å². The molecule has 0 fully saturated rings. The van der Waals surface area contributed by atoms with Crippen LogP contribution in [0, 0.1) is 0 Å². The van der Waals surface area contributed by atoms with Gasteiger partial charge < -0.3 is 18.9 Å². The van der Waals surface area contributed by atoms with Crippen LogP contribution < -0.4 is 113 Å². The van der Waals surface area contributed by atoms with Gasteiger partial charge in [-0.2, -0.15) is 0 Å². The fourth-order valence-electron chi connectivity index (χ4n) is 0.231. The van der Waals surface area contributed by atoms with E-state index in [1.54, 1.807) is 0 Å². The van der Waals surface area contributed by atoms with E-state index in [4.69, 9.17) is 0 Å². The summed E-state index contributed by atoms with van der Waals surface area (Å²) in [6.07, 6.45) is 0.592. The molecule has 11 heavy (non-hydrogen) atoms. The van der Waals surface area contributed by atoms with Gasteiger partial charge in [0.2, 0.25) is 0 Å². The molecule has 0 aliphatic carbocycles. The van der Waals surface area contributed by atoms with Crippen molar-refractivity contribution < 1.29 is 122 Å². The molecular weight excluding hydrogens is 336 g/mol. The minimum Gasteiger partial charge on any atom is -0.790 e. The van der Waals surface area contributed by atoms with Gasteiger partial charge >= 0.3 is 103 Å². The molecule has 8 heteroatoms. The van der Waals surface area contributed by atoms with E-state index < -0.39 is 7.82 Å². The minimum absolute atomic E-state index is 0. The van der Waals surface area contributed by atoms with Crippen molar-refractivity contribution in [2.45, 2.75) is 6.42 Å². The monoisotopic (exact) mass is 342 g/mol. The van der Waals surface area contributed by atoms with Crippen LogP contribution in [0.1, 0.15) is 6.42 Å².